The zero-order valence-electron chi connectivity index (χ0n) is 13.5. The van der Waals surface area contributed by atoms with Crippen LogP contribution in [0, 0.1) is 6.92 Å². The molecule has 2 aromatic carbocycles. The number of anilines is 1. The van der Waals surface area contributed by atoms with E-state index in [0.717, 1.165) is 22.6 Å². The van der Waals surface area contributed by atoms with Gasteiger partial charge in [0.2, 0.25) is 0 Å². The normalized spacial score (nSPS) is 12.0. The Balaban J connectivity index is 1.89. The van der Waals surface area contributed by atoms with Crippen LogP contribution in [0.5, 0.6) is 5.75 Å². The third-order valence-corrected chi connectivity index (χ3v) is 3.28. The molecule has 0 heterocycles. The van der Waals surface area contributed by atoms with Crippen LogP contribution in [0.3, 0.4) is 0 Å². The lowest BCUT2D eigenvalue weighted by Gasteiger charge is -2.13. The molecular formula is C18H21N3O2. The van der Waals surface area contributed by atoms with Gasteiger partial charge in [0.05, 0.1) is 13.3 Å². The molecule has 0 aliphatic heterocycles. The maximum absolute atomic E-state index is 12.0. The monoisotopic (exact) mass is 311 g/mol. The van der Waals surface area contributed by atoms with E-state index in [2.05, 4.69) is 15.8 Å². The van der Waals surface area contributed by atoms with Gasteiger partial charge in [0.15, 0.2) is 0 Å². The van der Waals surface area contributed by atoms with Gasteiger partial charge >= 0.3 is 0 Å². The molecule has 5 nitrogen and oxygen atoms in total. The SMILES string of the molecule is COc1cccc(/C=N\NC(=O)[C@H](C)Nc2cccc(C)c2)c1. The van der Waals surface area contributed by atoms with Crippen molar-refractivity contribution in [2.45, 2.75) is 19.9 Å². The number of hydrogen-bond acceptors (Lipinski definition) is 4. The Morgan fingerprint density at radius 2 is 2.00 bits per heavy atom. The fourth-order valence-corrected chi connectivity index (χ4v) is 2.04. The molecule has 0 aliphatic rings. The summed E-state index contributed by atoms with van der Waals surface area (Å²) in [6.45, 7) is 3.80. The fraction of sp³-hybridized carbons (Fsp3) is 0.222. The van der Waals surface area contributed by atoms with Crippen LogP contribution in [-0.2, 0) is 4.79 Å². The molecule has 23 heavy (non-hydrogen) atoms. The predicted octanol–water partition coefficient (Wildman–Crippen LogP) is 2.95. The average molecular weight is 311 g/mol. The molecular weight excluding hydrogens is 290 g/mol. The van der Waals surface area contributed by atoms with Crippen LogP contribution in [0.15, 0.2) is 53.6 Å². The lowest BCUT2D eigenvalue weighted by atomic mass is 10.2. The molecule has 2 N–H and O–H groups in total. The largest absolute Gasteiger partial charge is 0.497 e. The zero-order valence-corrected chi connectivity index (χ0v) is 13.5. The number of nitrogens with one attached hydrogen (secondary N) is 2. The first-order valence-electron chi connectivity index (χ1n) is 7.38. The maximum atomic E-state index is 12.0. The van der Waals surface area contributed by atoms with Crippen molar-refractivity contribution < 1.29 is 9.53 Å². The van der Waals surface area contributed by atoms with E-state index >= 15 is 0 Å². The third-order valence-electron chi connectivity index (χ3n) is 3.28. The van der Waals surface area contributed by atoms with E-state index in [1.54, 1.807) is 20.2 Å². The number of amides is 1. The van der Waals surface area contributed by atoms with Crippen molar-refractivity contribution in [3.05, 3.63) is 59.7 Å². The number of methoxy groups -OCH3 is 1. The van der Waals surface area contributed by atoms with Crippen LogP contribution in [0.2, 0.25) is 0 Å². The Bertz CT molecular complexity index is 698. The second-order valence-corrected chi connectivity index (χ2v) is 5.25. The van der Waals surface area contributed by atoms with Crippen LogP contribution in [-0.4, -0.2) is 25.3 Å². The molecule has 0 bridgehead atoms. The topological polar surface area (TPSA) is 62.7 Å². The molecule has 2 rings (SSSR count). The first-order valence-corrected chi connectivity index (χ1v) is 7.38. The molecule has 5 heteroatoms. The van der Waals surface area contributed by atoms with Gasteiger partial charge in [-0.05, 0) is 49.2 Å². The van der Waals surface area contributed by atoms with E-state index in [1.807, 2.05) is 55.5 Å². The number of carbonyl (C=O) groups is 1. The summed E-state index contributed by atoms with van der Waals surface area (Å²) in [5.41, 5.74) is 5.43. The number of carbonyl (C=O) groups excluding carboxylic acids is 1. The first kappa shape index (κ1) is 16.5. The molecule has 120 valence electrons. The molecule has 0 saturated carbocycles. The highest BCUT2D eigenvalue weighted by atomic mass is 16.5. The Kier molecular flexibility index (Phi) is 5.74. The van der Waals surface area contributed by atoms with Gasteiger partial charge in [0, 0.05) is 5.69 Å². The zero-order chi connectivity index (χ0) is 16.7. The summed E-state index contributed by atoms with van der Waals surface area (Å²) in [5, 5.41) is 7.12. The van der Waals surface area contributed by atoms with E-state index in [9.17, 15) is 4.79 Å². The maximum Gasteiger partial charge on any atom is 0.262 e. The van der Waals surface area contributed by atoms with Crippen molar-refractivity contribution >= 4 is 17.8 Å². The van der Waals surface area contributed by atoms with Gasteiger partial charge in [-0.3, -0.25) is 4.79 Å². The average Bonchev–Trinajstić information content (AvgIpc) is 2.55. The Labute approximate surface area is 136 Å². The highest BCUT2D eigenvalue weighted by Crippen LogP contribution is 2.11. The third kappa shape index (κ3) is 5.14. The summed E-state index contributed by atoms with van der Waals surface area (Å²) in [4.78, 5) is 12.0. The number of nitrogens with zero attached hydrogens (tertiary/aromatic N) is 1. The molecule has 0 aromatic heterocycles. The van der Waals surface area contributed by atoms with Crippen LogP contribution in [0.4, 0.5) is 5.69 Å². The molecule has 1 amide bonds. The van der Waals surface area contributed by atoms with Crippen molar-refractivity contribution in [3.63, 3.8) is 0 Å². The highest BCUT2D eigenvalue weighted by molar-refractivity contribution is 5.86. The molecule has 1 atom stereocenters. The van der Waals surface area contributed by atoms with Gasteiger partial charge in [-0.25, -0.2) is 5.43 Å². The standard InChI is InChI=1S/C18H21N3O2/c1-13-6-4-8-16(10-13)20-14(2)18(22)21-19-12-15-7-5-9-17(11-15)23-3/h4-12,14,20H,1-3H3,(H,21,22)/b19-12-/t14-/m0/s1. The van der Waals surface area contributed by atoms with Gasteiger partial charge < -0.3 is 10.1 Å². The van der Waals surface area contributed by atoms with Crippen molar-refractivity contribution in [1.29, 1.82) is 0 Å². The summed E-state index contributed by atoms with van der Waals surface area (Å²) in [5.74, 6) is 0.542. The number of hydrogen-bond donors (Lipinski definition) is 2. The first-order chi connectivity index (χ1) is 11.1. The van der Waals surface area contributed by atoms with E-state index in [4.69, 9.17) is 4.74 Å². The van der Waals surface area contributed by atoms with E-state index < -0.39 is 0 Å². The minimum absolute atomic E-state index is 0.203. The number of hydrazone groups is 1. The second kappa shape index (κ2) is 7.98. The molecule has 0 saturated heterocycles. The van der Waals surface area contributed by atoms with Crippen LogP contribution < -0.4 is 15.5 Å². The Morgan fingerprint density at radius 1 is 1.22 bits per heavy atom. The summed E-state index contributed by atoms with van der Waals surface area (Å²) in [6, 6.07) is 14.9. The fourth-order valence-electron chi connectivity index (χ4n) is 2.04. The van der Waals surface area contributed by atoms with Crippen molar-refractivity contribution in [3.8, 4) is 5.75 Å². The van der Waals surface area contributed by atoms with Gasteiger partial charge in [0.25, 0.3) is 5.91 Å². The quantitative estimate of drug-likeness (QED) is 0.637. The van der Waals surface area contributed by atoms with Gasteiger partial charge in [0.1, 0.15) is 11.8 Å². The van der Waals surface area contributed by atoms with Crippen molar-refractivity contribution in [1.82, 2.24) is 5.43 Å². The van der Waals surface area contributed by atoms with Crippen LogP contribution in [0.25, 0.3) is 0 Å². The van der Waals surface area contributed by atoms with E-state index in [0.29, 0.717) is 0 Å². The minimum Gasteiger partial charge on any atom is -0.497 e. The Morgan fingerprint density at radius 3 is 2.74 bits per heavy atom. The number of rotatable bonds is 6. The number of benzene rings is 2. The van der Waals surface area contributed by atoms with Crippen LogP contribution >= 0.6 is 0 Å². The lowest BCUT2D eigenvalue weighted by molar-refractivity contribution is -0.121. The van der Waals surface area contributed by atoms with E-state index in [-0.39, 0.29) is 11.9 Å². The minimum atomic E-state index is -0.390. The second-order valence-electron chi connectivity index (χ2n) is 5.25. The molecule has 0 spiro atoms. The molecule has 0 fully saturated rings. The van der Waals surface area contributed by atoms with Gasteiger partial charge in [-0.2, -0.15) is 5.10 Å². The van der Waals surface area contributed by atoms with Crippen LogP contribution in [0.1, 0.15) is 18.1 Å². The summed E-state index contributed by atoms with van der Waals surface area (Å²) >= 11 is 0. The Hall–Kier alpha value is -2.82. The molecule has 0 radical (unpaired) electrons. The predicted molar refractivity (Wildman–Crippen MR) is 93.0 cm³/mol. The van der Waals surface area contributed by atoms with Gasteiger partial charge in [-0.1, -0.05) is 24.3 Å². The summed E-state index contributed by atoms with van der Waals surface area (Å²) < 4.78 is 5.14. The molecule has 0 aliphatic carbocycles. The van der Waals surface area contributed by atoms with Gasteiger partial charge in [-0.15, -0.1) is 0 Å². The number of aryl methyl sites for hydroxylation is 1. The number of ether oxygens (including phenoxy) is 1. The summed E-state index contributed by atoms with van der Waals surface area (Å²) in [6.07, 6.45) is 1.58. The lowest BCUT2D eigenvalue weighted by Crippen LogP contribution is -2.34. The highest BCUT2D eigenvalue weighted by Gasteiger charge is 2.11. The van der Waals surface area contributed by atoms with Crippen molar-refractivity contribution in [2.24, 2.45) is 5.10 Å². The van der Waals surface area contributed by atoms with E-state index in [1.165, 1.54) is 0 Å². The summed E-state index contributed by atoms with van der Waals surface area (Å²) in [7, 11) is 1.61. The smallest absolute Gasteiger partial charge is 0.262 e. The molecule has 0 unspecified atom stereocenters. The molecule has 2 aromatic rings. The van der Waals surface area contributed by atoms with Crippen molar-refractivity contribution in [2.75, 3.05) is 12.4 Å².